The first kappa shape index (κ1) is 20.5. The molecule has 4 aromatic rings. The third-order valence-electron chi connectivity index (χ3n) is 4.90. The number of halogens is 1. The standard InChI is InChI=1S/C23H22FN5O2/c1-2-19(16-7-4-3-5-8-16)23(30)25-13-14-31-21-12-11-20-26-27-22(29(20)28-21)17-9-6-10-18(24)15-17/h3-12,15,19H,2,13-14H2,1H3,(H,25,30). The summed E-state index contributed by atoms with van der Waals surface area (Å²) in [5.74, 6) is 0.184. The third kappa shape index (κ3) is 4.69. The van der Waals surface area contributed by atoms with Crippen LogP contribution in [0.4, 0.5) is 4.39 Å². The van der Waals surface area contributed by atoms with Gasteiger partial charge in [-0.15, -0.1) is 15.3 Å². The molecule has 0 bridgehead atoms. The van der Waals surface area contributed by atoms with Gasteiger partial charge < -0.3 is 10.1 Å². The number of carbonyl (C=O) groups is 1. The minimum Gasteiger partial charge on any atom is -0.475 e. The van der Waals surface area contributed by atoms with Crippen LogP contribution in [-0.4, -0.2) is 38.9 Å². The molecule has 4 rings (SSSR count). The summed E-state index contributed by atoms with van der Waals surface area (Å²) in [6, 6.07) is 19.2. The number of carbonyl (C=O) groups excluding carboxylic acids is 1. The predicted molar refractivity (Wildman–Crippen MR) is 114 cm³/mol. The maximum Gasteiger partial charge on any atom is 0.231 e. The molecule has 0 saturated heterocycles. The molecule has 1 unspecified atom stereocenters. The van der Waals surface area contributed by atoms with Crippen molar-refractivity contribution in [1.29, 1.82) is 0 Å². The van der Waals surface area contributed by atoms with E-state index in [4.69, 9.17) is 4.74 Å². The summed E-state index contributed by atoms with van der Waals surface area (Å²) in [6.07, 6.45) is 0.714. The number of aromatic nitrogens is 4. The molecule has 2 aromatic carbocycles. The van der Waals surface area contributed by atoms with Gasteiger partial charge in [-0.3, -0.25) is 4.79 Å². The van der Waals surface area contributed by atoms with Crippen molar-refractivity contribution in [3.05, 3.63) is 78.1 Å². The first-order chi connectivity index (χ1) is 15.2. The van der Waals surface area contributed by atoms with Gasteiger partial charge in [0.2, 0.25) is 11.8 Å². The Bertz CT molecular complexity index is 1180. The van der Waals surface area contributed by atoms with E-state index in [-0.39, 0.29) is 24.2 Å². The van der Waals surface area contributed by atoms with E-state index in [1.807, 2.05) is 37.3 Å². The molecule has 0 spiro atoms. The van der Waals surface area contributed by atoms with E-state index in [2.05, 4.69) is 20.6 Å². The molecule has 1 N–H and O–H groups in total. The van der Waals surface area contributed by atoms with Gasteiger partial charge in [-0.2, -0.15) is 4.52 Å². The molecule has 0 aliphatic carbocycles. The van der Waals surface area contributed by atoms with Crippen molar-refractivity contribution in [2.45, 2.75) is 19.3 Å². The summed E-state index contributed by atoms with van der Waals surface area (Å²) in [5, 5.41) is 15.5. The highest BCUT2D eigenvalue weighted by atomic mass is 19.1. The normalized spacial score (nSPS) is 11.9. The molecule has 1 atom stereocenters. The predicted octanol–water partition coefficient (Wildman–Crippen LogP) is 3.62. The summed E-state index contributed by atoms with van der Waals surface area (Å²) in [7, 11) is 0. The van der Waals surface area contributed by atoms with Crippen molar-refractivity contribution in [2.24, 2.45) is 0 Å². The van der Waals surface area contributed by atoms with Crippen LogP contribution in [0.2, 0.25) is 0 Å². The maximum absolute atomic E-state index is 13.6. The SMILES string of the molecule is CCC(C(=O)NCCOc1ccc2nnc(-c3cccc(F)c3)n2n1)c1ccccc1. The maximum atomic E-state index is 13.6. The van der Waals surface area contributed by atoms with Crippen LogP contribution in [0.5, 0.6) is 5.88 Å². The van der Waals surface area contributed by atoms with Crippen molar-refractivity contribution in [1.82, 2.24) is 25.1 Å². The molecule has 0 saturated carbocycles. The molecule has 1 amide bonds. The number of amides is 1. The summed E-state index contributed by atoms with van der Waals surface area (Å²) in [4.78, 5) is 12.5. The number of fused-ring (bicyclic) bond motifs is 1. The summed E-state index contributed by atoms with van der Waals surface area (Å²) in [5.41, 5.74) is 2.08. The topological polar surface area (TPSA) is 81.4 Å². The molecule has 0 fully saturated rings. The Balaban J connectivity index is 1.38. The lowest BCUT2D eigenvalue weighted by Crippen LogP contribution is -2.32. The molecular formula is C23H22FN5O2. The molecule has 0 radical (unpaired) electrons. The molecule has 8 heteroatoms. The number of hydrogen-bond donors (Lipinski definition) is 1. The zero-order valence-electron chi connectivity index (χ0n) is 17.0. The largest absolute Gasteiger partial charge is 0.475 e. The van der Waals surface area contributed by atoms with Crippen LogP contribution in [-0.2, 0) is 4.79 Å². The van der Waals surface area contributed by atoms with Gasteiger partial charge in [0, 0.05) is 11.6 Å². The van der Waals surface area contributed by atoms with E-state index in [1.54, 1.807) is 24.3 Å². The fourth-order valence-corrected chi connectivity index (χ4v) is 3.37. The van der Waals surface area contributed by atoms with E-state index in [1.165, 1.54) is 16.6 Å². The smallest absolute Gasteiger partial charge is 0.231 e. The van der Waals surface area contributed by atoms with Crippen LogP contribution in [0.1, 0.15) is 24.8 Å². The van der Waals surface area contributed by atoms with Crippen LogP contribution < -0.4 is 10.1 Å². The average molecular weight is 419 g/mol. The van der Waals surface area contributed by atoms with Crippen LogP contribution in [0.25, 0.3) is 17.0 Å². The zero-order valence-corrected chi connectivity index (χ0v) is 17.0. The van der Waals surface area contributed by atoms with Crippen molar-refractivity contribution >= 4 is 11.6 Å². The molecule has 0 aliphatic heterocycles. The summed E-state index contributed by atoms with van der Waals surface area (Å²) < 4.78 is 20.8. The zero-order chi connectivity index (χ0) is 21.6. The van der Waals surface area contributed by atoms with Gasteiger partial charge in [-0.05, 0) is 30.2 Å². The van der Waals surface area contributed by atoms with Gasteiger partial charge in [0.15, 0.2) is 11.5 Å². The molecule has 31 heavy (non-hydrogen) atoms. The monoisotopic (exact) mass is 419 g/mol. The van der Waals surface area contributed by atoms with Gasteiger partial charge in [0.25, 0.3) is 0 Å². The second kappa shape index (κ2) is 9.34. The van der Waals surface area contributed by atoms with Crippen LogP contribution in [0, 0.1) is 5.82 Å². The molecule has 2 aromatic heterocycles. The fraction of sp³-hybridized carbons (Fsp3) is 0.217. The molecule has 2 heterocycles. The van der Waals surface area contributed by atoms with Crippen molar-refractivity contribution in [3.8, 4) is 17.3 Å². The summed E-state index contributed by atoms with van der Waals surface area (Å²) in [6.45, 7) is 2.59. The Kier molecular flexibility index (Phi) is 6.16. The highest BCUT2D eigenvalue weighted by molar-refractivity contribution is 5.83. The number of nitrogens with one attached hydrogen (secondary N) is 1. The molecule has 158 valence electrons. The number of benzene rings is 2. The van der Waals surface area contributed by atoms with Crippen molar-refractivity contribution < 1.29 is 13.9 Å². The van der Waals surface area contributed by atoms with E-state index >= 15 is 0 Å². The van der Waals surface area contributed by atoms with E-state index < -0.39 is 0 Å². The Labute approximate surface area is 178 Å². The lowest BCUT2D eigenvalue weighted by atomic mass is 9.96. The first-order valence-electron chi connectivity index (χ1n) is 10.1. The minimum absolute atomic E-state index is 0.0343. The van der Waals surface area contributed by atoms with E-state index in [0.29, 0.717) is 35.9 Å². The molecule has 0 aliphatic rings. The average Bonchev–Trinajstić information content (AvgIpc) is 3.21. The Hall–Kier alpha value is -3.81. The van der Waals surface area contributed by atoms with Gasteiger partial charge in [0.05, 0.1) is 12.5 Å². The third-order valence-corrected chi connectivity index (χ3v) is 4.90. The Morgan fingerprint density at radius 3 is 2.71 bits per heavy atom. The highest BCUT2D eigenvalue weighted by Crippen LogP contribution is 2.20. The Morgan fingerprint density at radius 1 is 1.10 bits per heavy atom. The molecule has 7 nitrogen and oxygen atoms in total. The van der Waals surface area contributed by atoms with Gasteiger partial charge in [-0.1, -0.05) is 49.4 Å². The highest BCUT2D eigenvalue weighted by Gasteiger charge is 2.18. The second-order valence-electron chi connectivity index (χ2n) is 6.99. The quantitative estimate of drug-likeness (QED) is 0.441. The van der Waals surface area contributed by atoms with Crippen LogP contribution in [0.15, 0.2) is 66.7 Å². The molecular weight excluding hydrogens is 397 g/mol. The lowest BCUT2D eigenvalue weighted by molar-refractivity contribution is -0.122. The van der Waals surface area contributed by atoms with Crippen LogP contribution >= 0.6 is 0 Å². The fourth-order valence-electron chi connectivity index (χ4n) is 3.37. The lowest BCUT2D eigenvalue weighted by Gasteiger charge is -2.15. The van der Waals surface area contributed by atoms with Crippen molar-refractivity contribution in [2.75, 3.05) is 13.2 Å². The Morgan fingerprint density at radius 2 is 1.94 bits per heavy atom. The summed E-state index contributed by atoms with van der Waals surface area (Å²) >= 11 is 0. The minimum atomic E-state index is -0.363. The van der Waals surface area contributed by atoms with Gasteiger partial charge in [0.1, 0.15) is 12.4 Å². The van der Waals surface area contributed by atoms with E-state index in [0.717, 1.165) is 5.56 Å². The number of ether oxygens (including phenoxy) is 1. The number of hydrogen-bond acceptors (Lipinski definition) is 5. The van der Waals surface area contributed by atoms with E-state index in [9.17, 15) is 9.18 Å². The van der Waals surface area contributed by atoms with Crippen molar-refractivity contribution in [3.63, 3.8) is 0 Å². The number of rotatable bonds is 8. The first-order valence-corrected chi connectivity index (χ1v) is 10.1. The van der Waals surface area contributed by atoms with Gasteiger partial charge >= 0.3 is 0 Å². The number of nitrogens with zero attached hydrogens (tertiary/aromatic N) is 4. The van der Waals surface area contributed by atoms with Crippen LogP contribution in [0.3, 0.4) is 0 Å². The van der Waals surface area contributed by atoms with Gasteiger partial charge in [-0.25, -0.2) is 4.39 Å². The second-order valence-corrected chi connectivity index (χ2v) is 6.99.